The van der Waals surface area contributed by atoms with Crippen LogP contribution in [0.2, 0.25) is 0 Å². The number of carbonyl (C=O) groups is 2. The molecule has 0 aromatic carbocycles. The Morgan fingerprint density at radius 2 is 2.38 bits per heavy atom. The topological polar surface area (TPSA) is 61.2 Å². The van der Waals surface area contributed by atoms with E-state index in [4.69, 9.17) is 4.74 Å². The molecule has 0 amide bonds. The van der Waals surface area contributed by atoms with Gasteiger partial charge in [-0.1, -0.05) is 0 Å². The first-order valence-electron chi connectivity index (χ1n) is 5.30. The van der Waals surface area contributed by atoms with Crippen LogP contribution in [0.15, 0.2) is 6.20 Å². The van der Waals surface area contributed by atoms with E-state index in [0.29, 0.717) is 12.2 Å². The molecule has 5 heteroatoms. The molecular weight excluding hydrogens is 208 g/mol. The lowest BCUT2D eigenvalue weighted by molar-refractivity contribution is -0.109. The molecule has 0 N–H and O–H groups in total. The Kier molecular flexibility index (Phi) is 2.53. The van der Waals surface area contributed by atoms with Gasteiger partial charge in [-0.3, -0.25) is 4.68 Å². The summed E-state index contributed by atoms with van der Waals surface area (Å²) in [5, 5.41) is 4.07. The molecule has 16 heavy (non-hydrogen) atoms. The first-order valence-corrected chi connectivity index (χ1v) is 5.30. The molecule has 1 heterocycles. The van der Waals surface area contributed by atoms with Crippen molar-refractivity contribution in [2.45, 2.75) is 25.2 Å². The molecule has 1 fully saturated rings. The maximum Gasteiger partial charge on any atom is 0.359 e. The molecule has 0 unspecified atom stereocenters. The van der Waals surface area contributed by atoms with Gasteiger partial charge in [-0.2, -0.15) is 5.10 Å². The highest BCUT2D eigenvalue weighted by molar-refractivity contribution is 5.91. The average molecular weight is 222 g/mol. The van der Waals surface area contributed by atoms with Crippen LogP contribution in [0.5, 0.6) is 0 Å². The molecule has 0 radical (unpaired) electrons. The summed E-state index contributed by atoms with van der Waals surface area (Å²) >= 11 is 0. The van der Waals surface area contributed by atoms with Crippen molar-refractivity contribution in [3.8, 4) is 0 Å². The second-order valence-electron chi connectivity index (χ2n) is 4.06. The van der Waals surface area contributed by atoms with Crippen LogP contribution >= 0.6 is 0 Å². The van der Waals surface area contributed by atoms with Gasteiger partial charge in [0.25, 0.3) is 0 Å². The molecule has 1 aromatic heterocycles. The smallest absolute Gasteiger partial charge is 0.359 e. The largest absolute Gasteiger partial charge is 0.461 e. The molecule has 0 saturated heterocycles. The molecule has 1 aromatic rings. The van der Waals surface area contributed by atoms with Crippen molar-refractivity contribution in [3.63, 3.8) is 0 Å². The van der Waals surface area contributed by atoms with Gasteiger partial charge in [0.1, 0.15) is 6.29 Å². The summed E-state index contributed by atoms with van der Waals surface area (Å²) < 4.78 is 6.47. The molecule has 0 atom stereocenters. The summed E-state index contributed by atoms with van der Waals surface area (Å²) in [6, 6.07) is 0. The summed E-state index contributed by atoms with van der Waals surface area (Å²) in [6.45, 7) is 2.05. The van der Waals surface area contributed by atoms with Gasteiger partial charge < -0.3 is 9.53 Å². The highest BCUT2D eigenvalue weighted by Gasteiger charge is 2.48. The maximum absolute atomic E-state index is 11.7. The zero-order chi connectivity index (χ0) is 11.8. The summed E-state index contributed by atoms with van der Waals surface area (Å²) in [7, 11) is 1.73. The van der Waals surface area contributed by atoms with E-state index in [9.17, 15) is 9.59 Å². The summed E-state index contributed by atoms with van der Waals surface area (Å²) in [6.07, 6.45) is 4.21. The SMILES string of the molecule is CCOC(=O)c1nn(C)cc1C1(C=O)CC1. The van der Waals surface area contributed by atoms with E-state index < -0.39 is 11.4 Å². The Bertz CT molecular complexity index is 432. The fourth-order valence-electron chi connectivity index (χ4n) is 1.79. The van der Waals surface area contributed by atoms with Gasteiger partial charge in [0, 0.05) is 18.8 Å². The third-order valence-corrected chi connectivity index (χ3v) is 2.85. The van der Waals surface area contributed by atoms with Crippen LogP contribution in [0.25, 0.3) is 0 Å². The second-order valence-corrected chi connectivity index (χ2v) is 4.06. The number of hydrogen-bond acceptors (Lipinski definition) is 4. The highest BCUT2D eigenvalue weighted by atomic mass is 16.5. The van der Waals surface area contributed by atoms with E-state index >= 15 is 0 Å². The Hall–Kier alpha value is -1.65. The number of ether oxygens (including phenoxy) is 1. The fraction of sp³-hybridized carbons (Fsp3) is 0.545. The summed E-state index contributed by atoms with van der Waals surface area (Å²) in [5.41, 5.74) is 0.480. The lowest BCUT2D eigenvalue weighted by Crippen LogP contribution is -2.15. The minimum Gasteiger partial charge on any atom is -0.461 e. The van der Waals surface area contributed by atoms with E-state index in [2.05, 4.69) is 5.10 Å². The van der Waals surface area contributed by atoms with Crippen LogP contribution in [-0.4, -0.2) is 28.6 Å². The molecule has 5 nitrogen and oxygen atoms in total. The Morgan fingerprint density at radius 3 is 2.88 bits per heavy atom. The predicted octanol–water partition coefficient (Wildman–Crippen LogP) is 0.827. The number of hydrogen-bond donors (Lipinski definition) is 0. The molecule has 2 rings (SSSR count). The maximum atomic E-state index is 11.7. The molecule has 0 bridgehead atoms. The van der Waals surface area contributed by atoms with Crippen molar-refractivity contribution in [3.05, 3.63) is 17.5 Å². The van der Waals surface area contributed by atoms with Crippen molar-refractivity contribution in [1.82, 2.24) is 9.78 Å². The number of carbonyl (C=O) groups excluding carboxylic acids is 2. The van der Waals surface area contributed by atoms with E-state index in [1.165, 1.54) is 0 Å². The minimum absolute atomic E-state index is 0.272. The normalized spacial score (nSPS) is 16.9. The first kappa shape index (κ1) is 10.9. The quantitative estimate of drug-likeness (QED) is 0.559. The third-order valence-electron chi connectivity index (χ3n) is 2.85. The van der Waals surface area contributed by atoms with E-state index in [0.717, 1.165) is 19.1 Å². The number of aldehydes is 1. The average Bonchev–Trinajstić information content (AvgIpc) is 2.96. The highest BCUT2D eigenvalue weighted by Crippen LogP contribution is 2.47. The van der Waals surface area contributed by atoms with Crippen LogP contribution in [-0.2, 0) is 22.0 Å². The minimum atomic E-state index is -0.490. The van der Waals surface area contributed by atoms with Crippen LogP contribution in [0.1, 0.15) is 35.8 Å². The van der Waals surface area contributed by atoms with Crippen molar-refractivity contribution in [2.24, 2.45) is 7.05 Å². The Balaban J connectivity index is 2.38. The molecule has 0 spiro atoms. The fourth-order valence-corrected chi connectivity index (χ4v) is 1.79. The number of nitrogens with zero attached hydrogens (tertiary/aromatic N) is 2. The van der Waals surface area contributed by atoms with Gasteiger partial charge in [0.15, 0.2) is 5.69 Å². The van der Waals surface area contributed by atoms with Crippen molar-refractivity contribution in [1.29, 1.82) is 0 Å². The van der Waals surface area contributed by atoms with Crippen molar-refractivity contribution in [2.75, 3.05) is 6.61 Å². The monoisotopic (exact) mass is 222 g/mol. The molecule has 0 aliphatic heterocycles. The first-order chi connectivity index (χ1) is 7.63. The van der Waals surface area contributed by atoms with Gasteiger partial charge >= 0.3 is 5.97 Å². The van der Waals surface area contributed by atoms with Gasteiger partial charge in [0.05, 0.1) is 12.0 Å². The van der Waals surface area contributed by atoms with Crippen LogP contribution in [0.3, 0.4) is 0 Å². The summed E-state index contributed by atoms with van der Waals surface area (Å²) in [4.78, 5) is 22.7. The molecular formula is C11H14N2O3. The summed E-state index contributed by atoms with van der Waals surface area (Å²) in [5.74, 6) is -0.453. The van der Waals surface area contributed by atoms with Gasteiger partial charge in [-0.05, 0) is 19.8 Å². The molecule has 1 saturated carbocycles. The Labute approximate surface area is 93.4 Å². The standard InChI is InChI=1S/C11H14N2O3/c1-3-16-10(15)9-8(6-13(2)12-9)11(7-14)4-5-11/h6-7H,3-5H2,1-2H3. The van der Waals surface area contributed by atoms with Gasteiger partial charge in [0.2, 0.25) is 0 Å². The number of esters is 1. The lowest BCUT2D eigenvalue weighted by Gasteiger charge is -2.06. The van der Waals surface area contributed by atoms with Crippen LogP contribution < -0.4 is 0 Å². The lowest BCUT2D eigenvalue weighted by atomic mass is 9.98. The van der Waals surface area contributed by atoms with E-state index in [-0.39, 0.29) is 5.69 Å². The number of aromatic nitrogens is 2. The zero-order valence-corrected chi connectivity index (χ0v) is 9.40. The second kappa shape index (κ2) is 3.73. The molecule has 1 aliphatic rings. The molecule has 86 valence electrons. The number of aryl methyl sites for hydroxylation is 1. The third kappa shape index (κ3) is 1.62. The van der Waals surface area contributed by atoms with Crippen molar-refractivity contribution < 1.29 is 14.3 Å². The number of rotatable bonds is 4. The van der Waals surface area contributed by atoms with Gasteiger partial charge in [-0.25, -0.2) is 4.79 Å². The predicted molar refractivity (Wildman–Crippen MR) is 56.1 cm³/mol. The zero-order valence-electron chi connectivity index (χ0n) is 9.40. The van der Waals surface area contributed by atoms with E-state index in [1.54, 1.807) is 24.9 Å². The van der Waals surface area contributed by atoms with E-state index in [1.807, 2.05) is 0 Å². The Morgan fingerprint density at radius 1 is 1.69 bits per heavy atom. The van der Waals surface area contributed by atoms with Gasteiger partial charge in [-0.15, -0.1) is 0 Å². The molecule has 1 aliphatic carbocycles. The van der Waals surface area contributed by atoms with Crippen LogP contribution in [0.4, 0.5) is 0 Å². The van der Waals surface area contributed by atoms with Crippen molar-refractivity contribution >= 4 is 12.3 Å². The van der Waals surface area contributed by atoms with Crippen LogP contribution in [0, 0.1) is 0 Å².